The van der Waals surface area contributed by atoms with Gasteiger partial charge in [0.2, 0.25) is 0 Å². The summed E-state index contributed by atoms with van der Waals surface area (Å²) in [6.45, 7) is 6.07. The number of carbonyl (C=O) groups excluding carboxylic acids is 1. The van der Waals surface area contributed by atoms with Crippen LogP contribution in [0.3, 0.4) is 0 Å². The number of benzene rings is 1. The second kappa shape index (κ2) is 10.4. The summed E-state index contributed by atoms with van der Waals surface area (Å²) >= 11 is 0. The van der Waals surface area contributed by atoms with Gasteiger partial charge in [-0.1, -0.05) is 52.4 Å². The topological polar surface area (TPSA) is 38.3 Å². The number of hydrogen-bond acceptors (Lipinski definition) is 2. The molecule has 134 valence electrons. The maximum Gasteiger partial charge on any atom is 0.251 e. The zero-order valence-electron chi connectivity index (χ0n) is 15.4. The molecule has 2 unspecified atom stereocenters. The van der Waals surface area contributed by atoms with Gasteiger partial charge in [0, 0.05) is 12.1 Å². The molecule has 2 rings (SSSR count). The van der Waals surface area contributed by atoms with Crippen LogP contribution in [0.25, 0.3) is 0 Å². The quantitative estimate of drug-likeness (QED) is 0.631. The van der Waals surface area contributed by atoms with E-state index in [2.05, 4.69) is 19.2 Å². The van der Waals surface area contributed by atoms with Crippen molar-refractivity contribution in [2.75, 3.05) is 13.2 Å². The van der Waals surface area contributed by atoms with Crippen molar-refractivity contribution < 1.29 is 9.53 Å². The third-order valence-electron chi connectivity index (χ3n) is 5.20. The van der Waals surface area contributed by atoms with Crippen molar-refractivity contribution in [3.05, 3.63) is 29.8 Å². The average Bonchev–Trinajstić information content (AvgIpc) is 2.61. The molecule has 0 bridgehead atoms. The molecule has 1 fully saturated rings. The molecule has 1 aromatic rings. The first-order chi connectivity index (χ1) is 11.7. The highest BCUT2D eigenvalue weighted by atomic mass is 16.5. The van der Waals surface area contributed by atoms with E-state index in [1.54, 1.807) is 0 Å². The predicted octanol–water partition coefficient (Wildman–Crippen LogP) is 5.20. The van der Waals surface area contributed by atoms with Crippen LogP contribution in [0.1, 0.15) is 75.6 Å². The van der Waals surface area contributed by atoms with Gasteiger partial charge in [0.05, 0.1) is 6.61 Å². The first-order valence-electron chi connectivity index (χ1n) is 9.71. The Morgan fingerprint density at radius 3 is 2.58 bits per heavy atom. The Kier molecular flexibility index (Phi) is 8.14. The molecule has 0 saturated heterocycles. The van der Waals surface area contributed by atoms with Gasteiger partial charge in [-0.05, 0) is 48.9 Å². The minimum atomic E-state index is 0.0299. The maximum atomic E-state index is 12.3. The molecule has 0 aliphatic heterocycles. The van der Waals surface area contributed by atoms with Crippen molar-refractivity contribution in [1.29, 1.82) is 0 Å². The molecule has 3 nitrogen and oxygen atoms in total. The van der Waals surface area contributed by atoms with E-state index < -0.39 is 0 Å². The van der Waals surface area contributed by atoms with Crippen LogP contribution in [-0.2, 0) is 0 Å². The summed E-state index contributed by atoms with van der Waals surface area (Å²) < 4.78 is 5.72. The van der Waals surface area contributed by atoms with Gasteiger partial charge in [0.1, 0.15) is 5.75 Å². The zero-order chi connectivity index (χ0) is 17.2. The number of carbonyl (C=O) groups is 1. The van der Waals surface area contributed by atoms with Gasteiger partial charge in [0.15, 0.2) is 0 Å². The van der Waals surface area contributed by atoms with Crippen molar-refractivity contribution in [3.8, 4) is 5.75 Å². The molecule has 1 aromatic carbocycles. The molecule has 1 aliphatic rings. The number of ether oxygens (including phenoxy) is 1. The first kappa shape index (κ1) is 18.8. The summed E-state index contributed by atoms with van der Waals surface area (Å²) in [7, 11) is 0. The van der Waals surface area contributed by atoms with E-state index in [-0.39, 0.29) is 5.91 Å². The minimum absolute atomic E-state index is 0.0299. The average molecular weight is 332 g/mol. The number of hydrogen-bond donors (Lipinski definition) is 1. The van der Waals surface area contributed by atoms with Crippen LogP contribution in [0.2, 0.25) is 0 Å². The van der Waals surface area contributed by atoms with E-state index in [0.717, 1.165) is 36.8 Å². The van der Waals surface area contributed by atoms with Gasteiger partial charge in [0.25, 0.3) is 5.91 Å². The molecule has 1 N–H and O–H groups in total. The van der Waals surface area contributed by atoms with Gasteiger partial charge >= 0.3 is 0 Å². The molecule has 0 spiro atoms. The van der Waals surface area contributed by atoms with Crippen molar-refractivity contribution in [1.82, 2.24) is 5.32 Å². The maximum absolute atomic E-state index is 12.3. The minimum Gasteiger partial charge on any atom is -0.494 e. The Hall–Kier alpha value is -1.51. The van der Waals surface area contributed by atoms with Gasteiger partial charge in [-0.2, -0.15) is 0 Å². The first-order valence-corrected chi connectivity index (χ1v) is 9.71. The fraction of sp³-hybridized carbons (Fsp3) is 0.667. The summed E-state index contributed by atoms with van der Waals surface area (Å²) in [5.74, 6) is 2.24. The van der Waals surface area contributed by atoms with Crippen LogP contribution >= 0.6 is 0 Å². The lowest BCUT2D eigenvalue weighted by atomic mass is 9.80. The highest BCUT2D eigenvalue weighted by Gasteiger charge is 2.21. The standard InChI is InChI=1S/C21H33NO2/c1-3-4-5-8-15-24-20-13-11-18(12-14-20)21(23)22-16-19-10-7-6-9-17(19)2/h11-14,17,19H,3-10,15-16H2,1-2H3,(H,22,23). The Morgan fingerprint density at radius 1 is 1.12 bits per heavy atom. The van der Waals surface area contributed by atoms with E-state index >= 15 is 0 Å². The number of amides is 1. The van der Waals surface area contributed by atoms with Gasteiger partial charge in [-0.15, -0.1) is 0 Å². The van der Waals surface area contributed by atoms with E-state index in [1.165, 1.54) is 44.9 Å². The molecule has 3 heteroatoms. The van der Waals surface area contributed by atoms with Crippen molar-refractivity contribution >= 4 is 5.91 Å². The fourth-order valence-electron chi connectivity index (χ4n) is 3.44. The summed E-state index contributed by atoms with van der Waals surface area (Å²) in [4.78, 5) is 12.3. The second-order valence-electron chi connectivity index (χ2n) is 7.17. The molecule has 1 saturated carbocycles. The highest BCUT2D eigenvalue weighted by molar-refractivity contribution is 5.94. The van der Waals surface area contributed by atoms with Gasteiger partial charge in [-0.3, -0.25) is 4.79 Å². The molecule has 0 aromatic heterocycles. The number of unbranched alkanes of at least 4 members (excludes halogenated alkanes) is 3. The third kappa shape index (κ3) is 6.18. The molecule has 1 aliphatic carbocycles. The summed E-state index contributed by atoms with van der Waals surface area (Å²) in [6, 6.07) is 7.53. The smallest absolute Gasteiger partial charge is 0.251 e. The summed E-state index contributed by atoms with van der Waals surface area (Å²) in [5, 5.41) is 3.11. The molecular formula is C21H33NO2. The van der Waals surface area contributed by atoms with Crippen LogP contribution < -0.4 is 10.1 Å². The predicted molar refractivity (Wildman–Crippen MR) is 99.5 cm³/mol. The molecule has 24 heavy (non-hydrogen) atoms. The van der Waals surface area contributed by atoms with Crippen LogP contribution in [0.5, 0.6) is 5.75 Å². The lowest BCUT2D eigenvalue weighted by Gasteiger charge is -2.28. The molecule has 0 radical (unpaired) electrons. The van der Waals surface area contributed by atoms with Crippen molar-refractivity contribution in [2.24, 2.45) is 11.8 Å². The lowest BCUT2D eigenvalue weighted by Crippen LogP contribution is -2.33. The fourth-order valence-corrected chi connectivity index (χ4v) is 3.44. The van der Waals surface area contributed by atoms with E-state index in [0.29, 0.717) is 5.92 Å². The van der Waals surface area contributed by atoms with Crippen LogP contribution in [0.15, 0.2) is 24.3 Å². The molecule has 0 heterocycles. The molecule has 1 amide bonds. The van der Waals surface area contributed by atoms with Crippen LogP contribution in [0, 0.1) is 11.8 Å². The molecular weight excluding hydrogens is 298 g/mol. The van der Waals surface area contributed by atoms with Crippen molar-refractivity contribution in [3.63, 3.8) is 0 Å². The Balaban J connectivity index is 1.72. The Morgan fingerprint density at radius 2 is 1.88 bits per heavy atom. The van der Waals surface area contributed by atoms with E-state index in [1.807, 2.05) is 24.3 Å². The van der Waals surface area contributed by atoms with E-state index in [9.17, 15) is 4.79 Å². The number of nitrogens with one attached hydrogen (secondary N) is 1. The highest BCUT2D eigenvalue weighted by Crippen LogP contribution is 2.28. The number of rotatable bonds is 9. The second-order valence-corrected chi connectivity index (χ2v) is 7.17. The summed E-state index contributed by atoms with van der Waals surface area (Å²) in [6.07, 6.45) is 10.00. The van der Waals surface area contributed by atoms with Crippen molar-refractivity contribution in [2.45, 2.75) is 65.2 Å². The van der Waals surface area contributed by atoms with Gasteiger partial charge in [-0.25, -0.2) is 0 Å². The zero-order valence-corrected chi connectivity index (χ0v) is 15.4. The third-order valence-corrected chi connectivity index (χ3v) is 5.20. The summed E-state index contributed by atoms with van der Waals surface area (Å²) in [5.41, 5.74) is 0.719. The monoisotopic (exact) mass is 331 g/mol. The van der Waals surface area contributed by atoms with Crippen LogP contribution in [-0.4, -0.2) is 19.1 Å². The molecule has 2 atom stereocenters. The SMILES string of the molecule is CCCCCCOc1ccc(C(=O)NCC2CCCCC2C)cc1. The largest absolute Gasteiger partial charge is 0.494 e. The normalized spacial score (nSPS) is 20.6. The van der Waals surface area contributed by atoms with E-state index in [4.69, 9.17) is 4.74 Å². The lowest BCUT2D eigenvalue weighted by molar-refractivity contribution is 0.0936. The van der Waals surface area contributed by atoms with Gasteiger partial charge < -0.3 is 10.1 Å². The Bertz CT molecular complexity index is 483. The van der Waals surface area contributed by atoms with Crippen LogP contribution in [0.4, 0.5) is 0 Å². The Labute approximate surface area is 147 Å².